The highest BCUT2D eigenvalue weighted by molar-refractivity contribution is 7.92. The molecule has 49 heavy (non-hydrogen) atoms. The summed E-state index contributed by atoms with van der Waals surface area (Å²) in [5.74, 6) is -0.801. The molecule has 1 aliphatic carbocycles. The first-order valence-electron chi connectivity index (χ1n) is 16.7. The second-order valence-corrected chi connectivity index (χ2v) is 15.6. The van der Waals surface area contributed by atoms with Crippen molar-refractivity contribution in [3.8, 4) is 0 Å². The Bertz CT molecular complexity index is 1880. The monoisotopic (exact) mass is 719 g/mol. The first-order chi connectivity index (χ1) is 23.4. The van der Waals surface area contributed by atoms with Crippen LogP contribution in [0.2, 0.25) is 10.0 Å². The molecular formula is C39H43Cl2N3O4S. The topological polar surface area (TPSA) is 86.8 Å². The third-order valence-corrected chi connectivity index (χ3v) is 11.6. The molecule has 0 spiro atoms. The van der Waals surface area contributed by atoms with E-state index in [1.807, 2.05) is 63.2 Å². The average molecular weight is 721 g/mol. The van der Waals surface area contributed by atoms with Gasteiger partial charge in [-0.3, -0.25) is 13.9 Å². The van der Waals surface area contributed by atoms with E-state index < -0.39 is 28.5 Å². The molecule has 1 N–H and O–H groups in total. The van der Waals surface area contributed by atoms with Crippen LogP contribution in [0.1, 0.15) is 59.9 Å². The molecule has 1 aliphatic rings. The van der Waals surface area contributed by atoms with Gasteiger partial charge in [0.2, 0.25) is 11.8 Å². The average Bonchev–Trinajstić information content (AvgIpc) is 3.08. The number of aryl methyl sites for hydroxylation is 3. The van der Waals surface area contributed by atoms with Crippen molar-refractivity contribution in [3.63, 3.8) is 0 Å². The van der Waals surface area contributed by atoms with Crippen LogP contribution in [-0.2, 0) is 32.6 Å². The van der Waals surface area contributed by atoms with Crippen LogP contribution in [-0.4, -0.2) is 43.8 Å². The Morgan fingerprint density at radius 1 is 0.796 bits per heavy atom. The van der Waals surface area contributed by atoms with E-state index in [-0.39, 0.29) is 29.8 Å². The van der Waals surface area contributed by atoms with Crippen LogP contribution in [0, 0.1) is 20.8 Å². The summed E-state index contributed by atoms with van der Waals surface area (Å²) in [6, 6.07) is 25.7. The van der Waals surface area contributed by atoms with Crippen molar-refractivity contribution in [1.82, 2.24) is 10.2 Å². The fourth-order valence-electron chi connectivity index (χ4n) is 6.37. The summed E-state index contributed by atoms with van der Waals surface area (Å²) in [6.07, 6.45) is 5.18. The third-order valence-electron chi connectivity index (χ3n) is 9.07. The lowest BCUT2D eigenvalue weighted by Crippen LogP contribution is -2.55. The third kappa shape index (κ3) is 9.24. The van der Waals surface area contributed by atoms with Crippen LogP contribution in [0.25, 0.3) is 0 Å². The number of benzene rings is 4. The molecule has 4 aromatic carbocycles. The fourth-order valence-corrected chi connectivity index (χ4v) is 8.17. The van der Waals surface area contributed by atoms with E-state index in [2.05, 4.69) is 5.32 Å². The number of nitrogens with one attached hydrogen (secondary N) is 1. The van der Waals surface area contributed by atoms with Crippen LogP contribution in [0.15, 0.2) is 95.9 Å². The van der Waals surface area contributed by atoms with Crippen LogP contribution >= 0.6 is 23.2 Å². The van der Waals surface area contributed by atoms with Crippen LogP contribution < -0.4 is 9.62 Å². The van der Waals surface area contributed by atoms with Gasteiger partial charge in [0.25, 0.3) is 10.0 Å². The molecule has 0 aliphatic heterocycles. The zero-order chi connectivity index (χ0) is 35.1. The van der Waals surface area contributed by atoms with Gasteiger partial charge in [0.1, 0.15) is 12.6 Å². The number of carbonyl (C=O) groups is 2. The van der Waals surface area contributed by atoms with E-state index >= 15 is 0 Å². The molecular weight excluding hydrogens is 677 g/mol. The highest BCUT2D eigenvalue weighted by atomic mass is 35.5. The van der Waals surface area contributed by atoms with Crippen LogP contribution in [0.4, 0.5) is 5.69 Å². The molecule has 1 saturated carbocycles. The summed E-state index contributed by atoms with van der Waals surface area (Å²) in [6.45, 7) is 5.13. The first-order valence-corrected chi connectivity index (χ1v) is 18.9. The molecule has 0 heterocycles. The predicted octanol–water partition coefficient (Wildman–Crippen LogP) is 8.20. The minimum Gasteiger partial charge on any atom is -0.352 e. The maximum atomic E-state index is 14.8. The fraction of sp³-hybridized carbons (Fsp3) is 0.333. The Hall–Kier alpha value is -3.85. The maximum absolute atomic E-state index is 14.8. The molecule has 4 aromatic rings. The molecule has 0 saturated heterocycles. The van der Waals surface area contributed by atoms with E-state index in [9.17, 15) is 18.0 Å². The standard InChI is InChI=1S/C39H43Cl2N3O4S/c1-27-14-18-33(19-15-27)49(47,48)44(36-21-16-28(2)22-29(36)3)26-38(45)43(25-31-17-20-34(40)35(41)23-31)37(24-30-10-6-4-7-11-30)39(46)42-32-12-8-5-9-13-32/h4,6-7,10-11,14-23,32,37H,5,8-9,12-13,24-26H2,1-3H3,(H,42,46)/t37-/m1/s1. The number of anilines is 1. The highest BCUT2D eigenvalue weighted by Gasteiger charge is 2.36. The Labute approximate surface area is 300 Å². The lowest BCUT2D eigenvalue weighted by Gasteiger charge is -2.35. The summed E-state index contributed by atoms with van der Waals surface area (Å²) < 4.78 is 29.9. The number of amides is 2. The van der Waals surface area contributed by atoms with Crippen molar-refractivity contribution in [1.29, 1.82) is 0 Å². The summed E-state index contributed by atoms with van der Waals surface area (Å²) in [5.41, 5.74) is 4.50. The highest BCUT2D eigenvalue weighted by Crippen LogP contribution is 2.30. The van der Waals surface area contributed by atoms with Crippen molar-refractivity contribution in [2.45, 2.75) is 82.8 Å². The van der Waals surface area contributed by atoms with Gasteiger partial charge in [-0.2, -0.15) is 0 Å². The van der Waals surface area contributed by atoms with Gasteiger partial charge < -0.3 is 10.2 Å². The quantitative estimate of drug-likeness (QED) is 0.160. The first kappa shape index (κ1) is 36.4. The van der Waals surface area contributed by atoms with E-state index in [1.54, 1.807) is 48.5 Å². The molecule has 1 atom stereocenters. The van der Waals surface area contributed by atoms with E-state index in [0.717, 1.165) is 53.1 Å². The number of sulfonamides is 1. The minimum absolute atomic E-state index is 0.00933. The second-order valence-electron chi connectivity index (χ2n) is 12.9. The Balaban J connectivity index is 1.59. The number of halogens is 2. The van der Waals surface area contributed by atoms with E-state index in [1.165, 1.54) is 4.90 Å². The number of nitrogens with zero attached hydrogens (tertiary/aromatic N) is 2. The van der Waals surface area contributed by atoms with Gasteiger partial charge in [-0.1, -0.05) is 114 Å². The number of carbonyl (C=O) groups excluding carboxylic acids is 2. The van der Waals surface area contributed by atoms with Crippen molar-refractivity contribution in [3.05, 3.63) is 129 Å². The Morgan fingerprint density at radius 2 is 1.47 bits per heavy atom. The lowest BCUT2D eigenvalue weighted by atomic mass is 9.94. The predicted molar refractivity (Wildman–Crippen MR) is 198 cm³/mol. The molecule has 0 radical (unpaired) electrons. The number of rotatable bonds is 12. The summed E-state index contributed by atoms with van der Waals surface area (Å²) in [4.78, 5) is 30.6. The van der Waals surface area contributed by atoms with Crippen LogP contribution in [0.5, 0.6) is 0 Å². The molecule has 5 rings (SSSR count). The molecule has 0 bridgehead atoms. The second kappa shape index (κ2) is 16.2. The van der Waals surface area contributed by atoms with Gasteiger partial charge in [0, 0.05) is 19.0 Å². The molecule has 7 nitrogen and oxygen atoms in total. The van der Waals surface area contributed by atoms with Gasteiger partial charge in [-0.25, -0.2) is 8.42 Å². The molecule has 2 amide bonds. The van der Waals surface area contributed by atoms with Gasteiger partial charge >= 0.3 is 0 Å². The number of hydrogen-bond donors (Lipinski definition) is 1. The van der Waals surface area contributed by atoms with Gasteiger partial charge in [-0.15, -0.1) is 0 Å². The normalized spacial score (nSPS) is 14.2. The Kier molecular flexibility index (Phi) is 12.1. The van der Waals surface area contributed by atoms with Crippen molar-refractivity contribution >= 4 is 50.7 Å². The smallest absolute Gasteiger partial charge is 0.264 e. The SMILES string of the molecule is Cc1ccc(S(=O)(=O)N(CC(=O)N(Cc2ccc(Cl)c(Cl)c2)[C@H](Cc2ccccc2)C(=O)NC2CCCCC2)c2ccc(C)cc2C)cc1. The number of hydrogen-bond acceptors (Lipinski definition) is 4. The zero-order valence-electron chi connectivity index (χ0n) is 28.2. The molecule has 1 fully saturated rings. The molecule has 258 valence electrons. The summed E-state index contributed by atoms with van der Waals surface area (Å²) in [5, 5.41) is 3.91. The maximum Gasteiger partial charge on any atom is 0.264 e. The minimum atomic E-state index is -4.20. The van der Waals surface area contributed by atoms with Crippen molar-refractivity contribution < 1.29 is 18.0 Å². The van der Waals surface area contributed by atoms with E-state index in [4.69, 9.17) is 23.2 Å². The van der Waals surface area contributed by atoms with Gasteiger partial charge in [-0.05, 0) is 80.6 Å². The molecule has 10 heteroatoms. The van der Waals surface area contributed by atoms with Crippen molar-refractivity contribution in [2.24, 2.45) is 0 Å². The molecule has 0 aromatic heterocycles. The lowest BCUT2D eigenvalue weighted by molar-refractivity contribution is -0.140. The van der Waals surface area contributed by atoms with Crippen molar-refractivity contribution in [2.75, 3.05) is 10.8 Å². The van der Waals surface area contributed by atoms with Gasteiger partial charge in [0.15, 0.2) is 0 Å². The van der Waals surface area contributed by atoms with Crippen LogP contribution in [0.3, 0.4) is 0 Å². The Morgan fingerprint density at radius 3 is 2.12 bits per heavy atom. The molecule has 0 unspecified atom stereocenters. The largest absolute Gasteiger partial charge is 0.352 e. The van der Waals surface area contributed by atoms with Gasteiger partial charge in [0.05, 0.1) is 20.6 Å². The summed E-state index contributed by atoms with van der Waals surface area (Å²) in [7, 11) is -4.20. The summed E-state index contributed by atoms with van der Waals surface area (Å²) >= 11 is 12.6. The zero-order valence-corrected chi connectivity index (χ0v) is 30.5. The van der Waals surface area contributed by atoms with E-state index in [0.29, 0.717) is 26.9 Å².